The van der Waals surface area contributed by atoms with E-state index in [1.54, 1.807) is 0 Å². The fraction of sp³-hybridized carbons (Fsp3) is 0.750. The average Bonchev–Trinajstić information content (AvgIpc) is 2.82. The molecule has 1 fully saturated rings. The Hall–Kier alpha value is -1.07. The van der Waals surface area contributed by atoms with E-state index in [2.05, 4.69) is 10.5 Å². The van der Waals surface area contributed by atoms with Crippen molar-refractivity contribution in [1.82, 2.24) is 10.5 Å². The molecule has 1 atom stereocenters. The molecular weight excluding hydrogens is 302 g/mol. The van der Waals surface area contributed by atoms with Gasteiger partial charge in [0.2, 0.25) is 5.91 Å². The summed E-state index contributed by atoms with van der Waals surface area (Å²) < 4.78 is 5.12. The molecule has 3 N–H and O–H groups in total. The molecule has 0 bridgehead atoms. The number of carbonyl (C=O) groups excluding carboxylic acids is 1. The first-order valence-electron chi connectivity index (χ1n) is 8.03. The quantitative estimate of drug-likeness (QED) is 0.840. The molecule has 0 saturated heterocycles. The zero-order chi connectivity index (χ0) is 15.2. The van der Waals surface area contributed by atoms with Crippen molar-refractivity contribution in [2.75, 3.05) is 6.54 Å². The summed E-state index contributed by atoms with van der Waals surface area (Å²) in [5.74, 6) is 1.44. The van der Waals surface area contributed by atoms with Crippen LogP contribution in [0.1, 0.15) is 55.5 Å². The Bertz CT molecular complexity index is 450. The monoisotopic (exact) mass is 329 g/mol. The van der Waals surface area contributed by atoms with Crippen LogP contribution < -0.4 is 11.1 Å². The lowest BCUT2D eigenvalue weighted by atomic mass is 9.84. The van der Waals surface area contributed by atoms with Gasteiger partial charge in [-0.15, -0.1) is 12.4 Å². The zero-order valence-electron chi connectivity index (χ0n) is 13.6. The Balaban J connectivity index is 0.00000242. The fourth-order valence-corrected chi connectivity index (χ4v) is 3.28. The van der Waals surface area contributed by atoms with Crippen molar-refractivity contribution in [3.8, 4) is 0 Å². The number of aromatic nitrogens is 1. The van der Waals surface area contributed by atoms with Crippen molar-refractivity contribution in [2.45, 2.75) is 64.8 Å². The minimum atomic E-state index is 0. The van der Waals surface area contributed by atoms with E-state index in [1.165, 1.54) is 32.1 Å². The van der Waals surface area contributed by atoms with Gasteiger partial charge in [0.1, 0.15) is 5.76 Å². The van der Waals surface area contributed by atoms with Crippen molar-refractivity contribution < 1.29 is 9.32 Å². The number of hydrogen-bond acceptors (Lipinski definition) is 4. The highest BCUT2D eigenvalue weighted by molar-refractivity contribution is 5.85. The third-order valence-electron chi connectivity index (χ3n) is 4.60. The van der Waals surface area contributed by atoms with Gasteiger partial charge in [-0.3, -0.25) is 4.79 Å². The van der Waals surface area contributed by atoms with Gasteiger partial charge < -0.3 is 15.6 Å². The lowest BCUT2D eigenvalue weighted by Gasteiger charge is -2.30. The molecule has 0 radical (unpaired) electrons. The van der Waals surface area contributed by atoms with Gasteiger partial charge in [-0.05, 0) is 39.0 Å². The van der Waals surface area contributed by atoms with Crippen LogP contribution in [0.3, 0.4) is 0 Å². The number of rotatable bonds is 6. The Morgan fingerprint density at radius 1 is 1.36 bits per heavy atom. The molecule has 1 aliphatic carbocycles. The summed E-state index contributed by atoms with van der Waals surface area (Å²) in [5.41, 5.74) is 7.78. The number of nitrogens with zero attached hydrogens (tertiary/aromatic N) is 1. The largest absolute Gasteiger partial charge is 0.361 e. The molecule has 1 aliphatic rings. The molecule has 5 nitrogen and oxygen atoms in total. The van der Waals surface area contributed by atoms with E-state index in [-0.39, 0.29) is 24.4 Å². The van der Waals surface area contributed by atoms with Crippen LogP contribution in [-0.2, 0) is 11.2 Å². The third-order valence-corrected chi connectivity index (χ3v) is 4.60. The molecule has 0 aromatic carbocycles. The number of amides is 1. The maximum Gasteiger partial charge on any atom is 0.220 e. The van der Waals surface area contributed by atoms with E-state index >= 15 is 0 Å². The van der Waals surface area contributed by atoms with Crippen LogP contribution in [0.4, 0.5) is 0 Å². The van der Waals surface area contributed by atoms with Crippen LogP contribution in [0.25, 0.3) is 0 Å². The van der Waals surface area contributed by atoms with Gasteiger partial charge >= 0.3 is 0 Å². The van der Waals surface area contributed by atoms with Crippen molar-refractivity contribution in [3.05, 3.63) is 17.0 Å². The summed E-state index contributed by atoms with van der Waals surface area (Å²) >= 11 is 0. The van der Waals surface area contributed by atoms with Crippen molar-refractivity contribution >= 4 is 18.3 Å². The lowest BCUT2D eigenvalue weighted by Crippen LogP contribution is -2.46. The Morgan fingerprint density at radius 2 is 2.05 bits per heavy atom. The van der Waals surface area contributed by atoms with E-state index in [0.29, 0.717) is 25.3 Å². The highest BCUT2D eigenvalue weighted by Gasteiger charge is 2.24. The van der Waals surface area contributed by atoms with E-state index in [0.717, 1.165) is 17.0 Å². The van der Waals surface area contributed by atoms with E-state index in [4.69, 9.17) is 10.3 Å². The highest BCUT2D eigenvalue weighted by atomic mass is 35.5. The molecule has 1 amide bonds. The first kappa shape index (κ1) is 19.0. The predicted octanol–water partition coefficient (Wildman–Crippen LogP) is 2.67. The van der Waals surface area contributed by atoms with Crippen LogP contribution in [0.5, 0.6) is 0 Å². The molecule has 2 rings (SSSR count). The average molecular weight is 330 g/mol. The minimum Gasteiger partial charge on any atom is -0.361 e. The predicted molar refractivity (Wildman–Crippen MR) is 89.1 cm³/mol. The topological polar surface area (TPSA) is 81.2 Å². The molecular formula is C16H28ClN3O2. The zero-order valence-corrected chi connectivity index (χ0v) is 14.4. The summed E-state index contributed by atoms with van der Waals surface area (Å²) in [7, 11) is 0. The van der Waals surface area contributed by atoms with Gasteiger partial charge in [-0.2, -0.15) is 0 Å². The number of aryl methyl sites for hydroxylation is 2. The van der Waals surface area contributed by atoms with Crippen LogP contribution in [0.15, 0.2) is 4.52 Å². The third kappa shape index (κ3) is 4.99. The summed E-state index contributed by atoms with van der Waals surface area (Å²) in [6.07, 6.45) is 7.35. The SMILES string of the molecule is Cc1noc(C)c1CCC(=O)NC(CN)C1CCCCC1.Cl. The number of halogens is 1. The molecule has 6 heteroatoms. The van der Waals surface area contributed by atoms with Gasteiger partial charge in [-0.25, -0.2) is 0 Å². The van der Waals surface area contributed by atoms with Gasteiger partial charge in [0, 0.05) is 24.6 Å². The molecule has 0 spiro atoms. The first-order valence-corrected chi connectivity index (χ1v) is 8.03. The first-order chi connectivity index (χ1) is 10.1. The van der Waals surface area contributed by atoms with E-state index in [1.807, 2.05) is 13.8 Å². The molecule has 1 aromatic heterocycles. The summed E-state index contributed by atoms with van der Waals surface area (Å²) in [4.78, 5) is 12.2. The van der Waals surface area contributed by atoms with E-state index in [9.17, 15) is 4.79 Å². The lowest BCUT2D eigenvalue weighted by molar-refractivity contribution is -0.122. The fourth-order valence-electron chi connectivity index (χ4n) is 3.28. The Morgan fingerprint density at radius 3 is 2.59 bits per heavy atom. The number of hydrogen-bond donors (Lipinski definition) is 2. The molecule has 1 aromatic rings. The molecule has 22 heavy (non-hydrogen) atoms. The number of nitrogens with one attached hydrogen (secondary N) is 1. The summed E-state index contributed by atoms with van der Waals surface area (Å²) in [6.45, 7) is 4.33. The summed E-state index contributed by atoms with van der Waals surface area (Å²) in [5, 5.41) is 7.04. The smallest absolute Gasteiger partial charge is 0.220 e. The van der Waals surface area contributed by atoms with Gasteiger partial charge in [0.25, 0.3) is 0 Å². The van der Waals surface area contributed by atoms with Crippen molar-refractivity contribution in [2.24, 2.45) is 11.7 Å². The number of nitrogens with two attached hydrogens (primary N) is 1. The highest BCUT2D eigenvalue weighted by Crippen LogP contribution is 2.26. The second-order valence-corrected chi connectivity index (χ2v) is 6.11. The second kappa shape index (κ2) is 9.16. The molecule has 1 heterocycles. The van der Waals surface area contributed by atoms with Crippen LogP contribution in [-0.4, -0.2) is 23.7 Å². The van der Waals surface area contributed by atoms with Gasteiger partial charge in [-0.1, -0.05) is 24.4 Å². The van der Waals surface area contributed by atoms with Crippen LogP contribution in [0.2, 0.25) is 0 Å². The Labute approximate surface area is 138 Å². The minimum absolute atomic E-state index is 0. The molecule has 0 aliphatic heterocycles. The van der Waals surface area contributed by atoms with Crippen molar-refractivity contribution in [1.29, 1.82) is 0 Å². The molecule has 126 valence electrons. The standard InChI is InChI=1S/C16H27N3O2.ClH/c1-11-14(12(2)21-19-11)8-9-16(20)18-15(10-17)13-6-4-3-5-7-13;/h13,15H,3-10,17H2,1-2H3,(H,18,20);1H. The normalized spacial score (nSPS) is 16.9. The van der Waals surface area contributed by atoms with Gasteiger partial charge in [0.15, 0.2) is 0 Å². The van der Waals surface area contributed by atoms with Gasteiger partial charge in [0.05, 0.1) is 5.69 Å². The second-order valence-electron chi connectivity index (χ2n) is 6.11. The Kier molecular flexibility index (Phi) is 7.90. The number of carbonyl (C=O) groups is 1. The maximum atomic E-state index is 12.2. The summed E-state index contributed by atoms with van der Waals surface area (Å²) in [6, 6.07) is 0.127. The van der Waals surface area contributed by atoms with E-state index < -0.39 is 0 Å². The van der Waals surface area contributed by atoms with Crippen molar-refractivity contribution in [3.63, 3.8) is 0 Å². The van der Waals surface area contributed by atoms with Crippen LogP contribution in [0, 0.1) is 19.8 Å². The molecule has 1 saturated carbocycles. The van der Waals surface area contributed by atoms with Crippen LogP contribution >= 0.6 is 12.4 Å². The molecule has 1 unspecified atom stereocenters. The maximum absolute atomic E-state index is 12.2.